The van der Waals surface area contributed by atoms with Crippen LogP contribution in [0, 0.1) is 13.8 Å². The lowest BCUT2D eigenvalue weighted by molar-refractivity contribution is -0.133. The Bertz CT molecular complexity index is 954. The van der Waals surface area contributed by atoms with E-state index >= 15 is 0 Å². The second-order valence-electron chi connectivity index (χ2n) is 9.41. The van der Waals surface area contributed by atoms with Crippen molar-refractivity contribution in [2.75, 3.05) is 23.7 Å². The summed E-state index contributed by atoms with van der Waals surface area (Å²) in [5.41, 5.74) is 1.26. The molecule has 1 aromatic rings. The molecule has 2 amide bonds. The van der Waals surface area contributed by atoms with E-state index in [1.807, 2.05) is 32.0 Å². The number of piperazine rings is 1. The number of amides is 2. The highest BCUT2D eigenvalue weighted by atomic mass is 32.2. The summed E-state index contributed by atoms with van der Waals surface area (Å²) < 4.78 is 26.5. The Morgan fingerprint density at radius 3 is 2.38 bits per heavy atom. The van der Waals surface area contributed by atoms with Crippen molar-refractivity contribution < 1.29 is 18.0 Å². The van der Waals surface area contributed by atoms with E-state index < -0.39 is 15.6 Å². The Morgan fingerprint density at radius 1 is 1.12 bits per heavy atom. The lowest BCUT2D eigenvalue weighted by atomic mass is 9.91. The van der Waals surface area contributed by atoms with Gasteiger partial charge in [0.25, 0.3) is 0 Å². The number of nitrogens with one attached hydrogen (secondary N) is 1. The van der Waals surface area contributed by atoms with E-state index in [1.54, 1.807) is 13.8 Å². The van der Waals surface area contributed by atoms with Crippen molar-refractivity contribution in [1.82, 2.24) is 9.62 Å². The molecule has 7 nitrogen and oxygen atoms in total. The second kappa shape index (κ2) is 9.91. The molecule has 1 aliphatic carbocycles. The number of carbonyl (C=O) groups excluding carboxylic acids is 2. The summed E-state index contributed by atoms with van der Waals surface area (Å²) in [6.07, 6.45) is 7.53. The normalized spacial score (nSPS) is 24.1. The lowest BCUT2D eigenvalue weighted by Gasteiger charge is -2.47. The number of aryl methyl sites for hydroxylation is 1. The molecule has 1 atom stereocenters. The Labute approximate surface area is 192 Å². The topological polar surface area (TPSA) is 86.8 Å². The van der Waals surface area contributed by atoms with Crippen LogP contribution in [0.2, 0.25) is 0 Å². The fourth-order valence-corrected chi connectivity index (χ4v) is 5.96. The van der Waals surface area contributed by atoms with E-state index in [0.717, 1.165) is 36.8 Å². The third-order valence-electron chi connectivity index (χ3n) is 7.04. The first kappa shape index (κ1) is 24.7. The van der Waals surface area contributed by atoms with Gasteiger partial charge in [-0.2, -0.15) is 4.31 Å². The molecule has 0 unspecified atom stereocenters. The number of anilines is 1. The minimum absolute atomic E-state index is 0.0494. The number of rotatable bonds is 5. The predicted octanol–water partition coefficient (Wildman–Crippen LogP) is 3.29. The number of hydrogen-bond acceptors (Lipinski definition) is 4. The van der Waals surface area contributed by atoms with Crippen LogP contribution in [0.3, 0.4) is 0 Å². The zero-order valence-corrected chi connectivity index (χ0v) is 20.6. The number of hydrogen-bond donors (Lipinski definition) is 1. The molecule has 2 aliphatic rings. The van der Waals surface area contributed by atoms with Gasteiger partial charge in [0.1, 0.15) is 5.54 Å². The maximum absolute atomic E-state index is 13.7. The minimum Gasteiger partial charge on any atom is -0.351 e. The first-order chi connectivity index (χ1) is 15.1. The molecular weight excluding hydrogens is 426 g/mol. The molecule has 0 spiro atoms. The van der Waals surface area contributed by atoms with Gasteiger partial charge in [-0.05, 0) is 57.7 Å². The van der Waals surface area contributed by atoms with Crippen molar-refractivity contribution in [3.8, 4) is 0 Å². The molecule has 2 fully saturated rings. The van der Waals surface area contributed by atoms with Crippen LogP contribution in [0.5, 0.6) is 0 Å². The molecule has 0 bridgehead atoms. The Morgan fingerprint density at radius 2 is 1.75 bits per heavy atom. The number of nitrogens with zero attached hydrogens (tertiary/aromatic N) is 2. The van der Waals surface area contributed by atoms with Crippen LogP contribution in [0.25, 0.3) is 0 Å². The van der Waals surface area contributed by atoms with Gasteiger partial charge in [-0.1, -0.05) is 44.2 Å². The average molecular weight is 464 g/mol. The molecule has 1 saturated heterocycles. The smallest absolute Gasteiger partial charge is 0.247 e. The van der Waals surface area contributed by atoms with E-state index in [4.69, 9.17) is 0 Å². The predicted molar refractivity (Wildman–Crippen MR) is 127 cm³/mol. The van der Waals surface area contributed by atoms with Gasteiger partial charge in [0.2, 0.25) is 21.8 Å². The summed E-state index contributed by atoms with van der Waals surface area (Å²) in [7, 11) is -3.62. The standard InChI is InChI=1S/C24H37N3O4S/c1-5-32(30,31)26-16-22(28)27(21-15-11-12-18(2)19(21)3)24(4,17-26)23(29)25-20-13-9-7-6-8-10-14-20/h11-12,15,20H,5-10,13-14,16-17H2,1-4H3,(H,25,29)/t24-/m0/s1. The minimum atomic E-state index is -3.62. The lowest BCUT2D eigenvalue weighted by Crippen LogP contribution is -2.71. The Balaban J connectivity index is 1.99. The van der Waals surface area contributed by atoms with Gasteiger partial charge >= 0.3 is 0 Å². The maximum Gasteiger partial charge on any atom is 0.247 e. The third-order valence-corrected chi connectivity index (χ3v) is 8.82. The quantitative estimate of drug-likeness (QED) is 0.726. The van der Waals surface area contributed by atoms with Gasteiger partial charge < -0.3 is 5.32 Å². The van der Waals surface area contributed by atoms with Crippen molar-refractivity contribution in [3.63, 3.8) is 0 Å². The van der Waals surface area contributed by atoms with Crippen LogP contribution in [0.4, 0.5) is 5.69 Å². The van der Waals surface area contributed by atoms with E-state index in [0.29, 0.717) is 5.69 Å². The van der Waals surface area contributed by atoms with Crippen molar-refractivity contribution in [1.29, 1.82) is 0 Å². The molecule has 8 heteroatoms. The number of carbonyl (C=O) groups is 2. The summed E-state index contributed by atoms with van der Waals surface area (Å²) in [5.74, 6) is -0.769. The fraction of sp³-hybridized carbons (Fsp3) is 0.667. The molecule has 1 heterocycles. The molecule has 1 aromatic carbocycles. The van der Waals surface area contributed by atoms with E-state index in [-0.39, 0.29) is 36.7 Å². The highest BCUT2D eigenvalue weighted by molar-refractivity contribution is 7.89. The average Bonchev–Trinajstić information content (AvgIpc) is 2.72. The monoisotopic (exact) mass is 463 g/mol. The largest absolute Gasteiger partial charge is 0.351 e. The number of benzene rings is 1. The zero-order chi connectivity index (χ0) is 23.5. The van der Waals surface area contributed by atoms with E-state index in [2.05, 4.69) is 5.32 Å². The van der Waals surface area contributed by atoms with Crippen LogP contribution >= 0.6 is 0 Å². The molecule has 0 aromatic heterocycles. The summed E-state index contributed by atoms with van der Waals surface area (Å²) >= 11 is 0. The molecule has 1 saturated carbocycles. The molecule has 178 valence electrons. The fourth-order valence-electron chi connectivity index (χ4n) is 4.84. The Kier molecular flexibility index (Phi) is 7.65. The van der Waals surface area contributed by atoms with Crippen molar-refractivity contribution in [2.45, 2.75) is 84.2 Å². The van der Waals surface area contributed by atoms with Crippen LogP contribution in [0.1, 0.15) is 69.9 Å². The highest BCUT2D eigenvalue weighted by Gasteiger charge is 2.51. The summed E-state index contributed by atoms with van der Waals surface area (Å²) in [4.78, 5) is 28.7. The molecule has 1 aliphatic heterocycles. The molecular formula is C24H37N3O4S. The van der Waals surface area contributed by atoms with Crippen LogP contribution in [-0.4, -0.2) is 55.0 Å². The maximum atomic E-state index is 13.7. The van der Waals surface area contributed by atoms with Gasteiger partial charge in [-0.3, -0.25) is 14.5 Å². The van der Waals surface area contributed by atoms with Crippen LogP contribution < -0.4 is 10.2 Å². The van der Waals surface area contributed by atoms with Crippen molar-refractivity contribution in [2.24, 2.45) is 0 Å². The van der Waals surface area contributed by atoms with Gasteiger partial charge in [-0.25, -0.2) is 8.42 Å². The van der Waals surface area contributed by atoms with Gasteiger partial charge in [0.05, 0.1) is 12.3 Å². The second-order valence-corrected chi connectivity index (χ2v) is 11.7. The number of sulfonamides is 1. The Hall–Kier alpha value is -1.93. The van der Waals surface area contributed by atoms with Gasteiger partial charge in [0.15, 0.2) is 0 Å². The third kappa shape index (κ3) is 5.01. The first-order valence-electron chi connectivity index (χ1n) is 11.8. The first-order valence-corrected chi connectivity index (χ1v) is 13.4. The van der Waals surface area contributed by atoms with Crippen molar-refractivity contribution in [3.05, 3.63) is 29.3 Å². The van der Waals surface area contributed by atoms with Gasteiger partial charge in [-0.15, -0.1) is 0 Å². The molecule has 32 heavy (non-hydrogen) atoms. The van der Waals surface area contributed by atoms with E-state index in [9.17, 15) is 18.0 Å². The van der Waals surface area contributed by atoms with Crippen molar-refractivity contribution >= 4 is 27.5 Å². The summed E-state index contributed by atoms with van der Waals surface area (Å²) in [6, 6.07) is 5.72. The molecule has 0 radical (unpaired) electrons. The van der Waals surface area contributed by atoms with Crippen LogP contribution in [-0.2, 0) is 19.6 Å². The van der Waals surface area contributed by atoms with Gasteiger partial charge in [0, 0.05) is 18.3 Å². The molecule has 1 N–H and O–H groups in total. The van der Waals surface area contributed by atoms with E-state index in [1.165, 1.54) is 28.5 Å². The SMILES string of the molecule is CCS(=O)(=O)N1CC(=O)N(c2cccc(C)c2C)[C@](C)(C(=O)NC2CCCCCCC2)C1. The highest BCUT2D eigenvalue weighted by Crippen LogP contribution is 2.34. The zero-order valence-electron chi connectivity index (χ0n) is 19.8. The molecule has 3 rings (SSSR count). The van der Waals surface area contributed by atoms with Crippen LogP contribution in [0.15, 0.2) is 18.2 Å². The summed E-state index contributed by atoms with van der Waals surface area (Å²) in [5, 5.41) is 3.19. The summed E-state index contributed by atoms with van der Waals surface area (Å²) in [6.45, 7) is 6.84.